The molecule has 1 fully saturated rings. The van der Waals surface area contributed by atoms with Gasteiger partial charge in [-0.2, -0.15) is 0 Å². The molecule has 2 aromatic rings. The largest absolute Gasteiger partial charge is 0.508 e. The summed E-state index contributed by atoms with van der Waals surface area (Å²) in [7, 11) is 0. The first kappa shape index (κ1) is 14.4. The van der Waals surface area contributed by atoms with Gasteiger partial charge in [0, 0.05) is 11.4 Å². The lowest BCUT2D eigenvalue weighted by Crippen LogP contribution is -2.32. The minimum absolute atomic E-state index is 0.158. The minimum atomic E-state index is -0.629. The summed E-state index contributed by atoms with van der Waals surface area (Å²) in [5, 5.41) is 12.4. The van der Waals surface area contributed by atoms with E-state index in [2.05, 4.69) is 5.32 Å². The first-order chi connectivity index (χ1) is 10.5. The topological polar surface area (TPSA) is 69.6 Å². The van der Waals surface area contributed by atoms with Crippen molar-refractivity contribution in [1.29, 1.82) is 0 Å². The highest BCUT2D eigenvalue weighted by atomic mass is 35.5. The first-order valence-electron chi connectivity index (χ1n) is 6.72. The molecular weight excluding hydrogens is 304 g/mol. The van der Waals surface area contributed by atoms with Crippen molar-refractivity contribution >= 4 is 29.2 Å². The number of amides is 3. The number of imide groups is 1. The molecule has 1 aliphatic heterocycles. The van der Waals surface area contributed by atoms with E-state index in [-0.39, 0.29) is 11.7 Å². The molecule has 2 N–H and O–H groups in total. The summed E-state index contributed by atoms with van der Waals surface area (Å²) in [6.07, 6.45) is 0.363. The second-order valence-corrected chi connectivity index (χ2v) is 5.46. The average molecular weight is 317 g/mol. The van der Waals surface area contributed by atoms with Gasteiger partial charge in [0.2, 0.25) is 0 Å². The van der Waals surface area contributed by atoms with Crippen molar-refractivity contribution in [2.75, 3.05) is 4.90 Å². The second-order valence-electron chi connectivity index (χ2n) is 5.03. The summed E-state index contributed by atoms with van der Waals surface area (Å²) >= 11 is 5.91. The quantitative estimate of drug-likeness (QED) is 0.855. The maximum absolute atomic E-state index is 12.4. The van der Waals surface area contributed by atoms with Crippen LogP contribution in [0.5, 0.6) is 5.75 Å². The van der Waals surface area contributed by atoms with Gasteiger partial charge in [-0.25, -0.2) is 9.69 Å². The number of urea groups is 1. The molecular formula is C16H13ClN2O3. The first-order valence-corrected chi connectivity index (χ1v) is 7.10. The number of carbonyl (C=O) groups is 2. The molecule has 3 rings (SSSR count). The fourth-order valence-electron chi connectivity index (χ4n) is 2.40. The smallest absolute Gasteiger partial charge is 0.329 e. The Balaban J connectivity index is 1.81. The molecule has 5 nitrogen and oxygen atoms in total. The van der Waals surface area contributed by atoms with Crippen LogP contribution in [0.25, 0.3) is 0 Å². The van der Waals surface area contributed by atoms with Crippen LogP contribution in [0.2, 0.25) is 5.02 Å². The Morgan fingerprint density at radius 1 is 1.14 bits per heavy atom. The third kappa shape index (κ3) is 2.76. The number of phenolic OH excluding ortho intramolecular Hbond substituents is 1. The molecule has 0 saturated carbocycles. The molecule has 2 aromatic carbocycles. The van der Waals surface area contributed by atoms with Crippen molar-refractivity contribution in [2.45, 2.75) is 12.5 Å². The van der Waals surface area contributed by atoms with Crippen LogP contribution < -0.4 is 10.2 Å². The van der Waals surface area contributed by atoms with E-state index in [1.807, 2.05) is 0 Å². The van der Waals surface area contributed by atoms with Crippen LogP contribution in [0.4, 0.5) is 10.5 Å². The highest BCUT2D eigenvalue weighted by molar-refractivity contribution is 6.31. The molecule has 1 heterocycles. The van der Waals surface area contributed by atoms with Gasteiger partial charge in [-0.3, -0.25) is 4.79 Å². The number of hydrogen-bond donors (Lipinski definition) is 2. The maximum atomic E-state index is 12.4. The van der Waals surface area contributed by atoms with E-state index in [1.54, 1.807) is 48.5 Å². The number of benzene rings is 2. The molecule has 0 radical (unpaired) electrons. The van der Waals surface area contributed by atoms with Crippen molar-refractivity contribution in [3.63, 3.8) is 0 Å². The number of nitrogens with zero attached hydrogens (tertiary/aromatic N) is 1. The van der Waals surface area contributed by atoms with Crippen LogP contribution in [0, 0.1) is 0 Å². The van der Waals surface area contributed by atoms with E-state index in [0.29, 0.717) is 17.1 Å². The molecule has 0 spiro atoms. The number of nitrogens with one attached hydrogen (secondary N) is 1. The molecule has 22 heavy (non-hydrogen) atoms. The third-order valence-electron chi connectivity index (χ3n) is 3.46. The Bertz CT molecular complexity index is 730. The molecule has 0 aromatic heterocycles. The van der Waals surface area contributed by atoms with Gasteiger partial charge in [0.1, 0.15) is 11.8 Å². The Morgan fingerprint density at radius 3 is 2.55 bits per heavy atom. The number of rotatable bonds is 3. The zero-order valence-electron chi connectivity index (χ0n) is 11.5. The lowest BCUT2D eigenvalue weighted by molar-refractivity contribution is -0.118. The van der Waals surface area contributed by atoms with E-state index < -0.39 is 12.1 Å². The lowest BCUT2D eigenvalue weighted by Gasteiger charge is -2.13. The highest BCUT2D eigenvalue weighted by Gasteiger charge is 2.38. The average Bonchev–Trinajstić information content (AvgIpc) is 2.76. The third-order valence-corrected chi connectivity index (χ3v) is 3.70. The fourth-order valence-corrected chi connectivity index (χ4v) is 2.58. The normalized spacial score (nSPS) is 17.7. The fraction of sp³-hybridized carbons (Fsp3) is 0.125. The molecule has 1 atom stereocenters. The minimum Gasteiger partial charge on any atom is -0.508 e. The van der Waals surface area contributed by atoms with Gasteiger partial charge in [-0.05, 0) is 35.9 Å². The van der Waals surface area contributed by atoms with Gasteiger partial charge in [0.25, 0.3) is 5.91 Å². The van der Waals surface area contributed by atoms with E-state index in [0.717, 1.165) is 10.5 Å². The van der Waals surface area contributed by atoms with Crippen LogP contribution >= 0.6 is 11.6 Å². The zero-order valence-corrected chi connectivity index (χ0v) is 12.2. The van der Waals surface area contributed by atoms with E-state index in [1.165, 1.54) is 0 Å². The van der Waals surface area contributed by atoms with Crippen LogP contribution in [0.15, 0.2) is 48.5 Å². The van der Waals surface area contributed by atoms with Gasteiger partial charge in [0.15, 0.2) is 0 Å². The van der Waals surface area contributed by atoms with Crippen molar-refractivity contribution in [3.05, 3.63) is 59.1 Å². The van der Waals surface area contributed by atoms with Gasteiger partial charge < -0.3 is 10.4 Å². The Hall–Kier alpha value is -2.53. The molecule has 0 bridgehead atoms. The van der Waals surface area contributed by atoms with Crippen molar-refractivity contribution in [1.82, 2.24) is 5.32 Å². The number of hydrogen-bond acceptors (Lipinski definition) is 3. The number of carbonyl (C=O) groups excluding carboxylic acids is 2. The Morgan fingerprint density at radius 2 is 1.86 bits per heavy atom. The van der Waals surface area contributed by atoms with Gasteiger partial charge in [-0.15, -0.1) is 0 Å². The SMILES string of the molecule is O=C1NC(Cc2ccc(O)cc2)C(=O)N1c1cccc(Cl)c1. The van der Waals surface area contributed by atoms with Crippen molar-refractivity contribution in [2.24, 2.45) is 0 Å². The summed E-state index contributed by atoms with van der Waals surface area (Å²) in [5.41, 5.74) is 1.30. The Labute approximate surface area is 132 Å². The van der Waals surface area contributed by atoms with E-state index >= 15 is 0 Å². The molecule has 6 heteroatoms. The van der Waals surface area contributed by atoms with Crippen molar-refractivity contribution in [3.8, 4) is 5.75 Å². The highest BCUT2D eigenvalue weighted by Crippen LogP contribution is 2.24. The van der Waals surface area contributed by atoms with Crippen molar-refractivity contribution < 1.29 is 14.7 Å². The molecule has 1 aliphatic rings. The summed E-state index contributed by atoms with van der Waals surface area (Å²) in [4.78, 5) is 25.6. The molecule has 1 saturated heterocycles. The molecule has 3 amide bonds. The second kappa shape index (κ2) is 5.69. The Kier molecular flexibility index (Phi) is 3.73. The molecule has 112 valence electrons. The van der Waals surface area contributed by atoms with Crippen LogP contribution in [-0.2, 0) is 11.2 Å². The van der Waals surface area contributed by atoms with Crippen LogP contribution in [-0.4, -0.2) is 23.1 Å². The summed E-state index contributed by atoms with van der Waals surface area (Å²) in [6, 6.07) is 12.0. The zero-order chi connectivity index (χ0) is 15.7. The van der Waals surface area contributed by atoms with Gasteiger partial charge >= 0.3 is 6.03 Å². The molecule has 0 aliphatic carbocycles. The lowest BCUT2D eigenvalue weighted by atomic mass is 10.1. The predicted octanol–water partition coefficient (Wildman–Crippen LogP) is 2.71. The van der Waals surface area contributed by atoms with Gasteiger partial charge in [0.05, 0.1) is 5.69 Å². The van der Waals surface area contributed by atoms with E-state index in [9.17, 15) is 14.7 Å². The molecule has 1 unspecified atom stereocenters. The summed E-state index contributed by atoms with van der Waals surface area (Å²) in [5.74, 6) is -0.161. The standard InChI is InChI=1S/C16H13ClN2O3/c17-11-2-1-3-12(9-11)19-15(21)14(18-16(19)22)8-10-4-6-13(20)7-5-10/h1-7,9,14,20H,8H2,(H,18,22). The number of halogens is 1. The van der Waals surface area contributed by atoms with Gasteiger partial charge in [-0.1, -0.05) is 29.8 Å². The summed E-state index contributed by atoms with van der Waals surface area (Å²) in [6.45, 7) is 0. The van der Waals surface area contributed by atoms with Crippen LogP contribution in [0.3, 0.4) is 0 Å². The van der Waals surface area contributed by atoms with E-state index in [4.69, 9.17) is 11.6 Å². The number of anilines is 1. The number of aromatic hydroxyl groups is 1. The number of phenols is 1. The van der Waals surface area contributed by atoms with Crippen LogP contribution in [0.1, 0.15) is 5.56 Å². The monoisotopic (exact) mass is 316 g/mol. The predicted molar refractivity (Wildman–Crippen MR) is 83.1 cm³/mol. The maximum Gasteiger partial charge on any atom is 0.329 e. The summed E-state index contributed by atoms with van der Waals surface area (Å²) < 4.78 is 0.